The van der Waals surface area contributed by atoms with Crippen LogP contribution in [0.15, 0.2) is 4.99 Å². The van der Waals surface area contributed by atoms with Crippen molar-refractivity contribution in [1.82, 2.24) is 10.2 Å². The molecule has 1 aliphatic carbocycles. The van der Waals surface area contributed by atoms with Crippen LogP contribution >= 0.6 is 0 Å². The van der Waals surface area contributed by atoms with Crippen LogP contribution < -0.4 is 5.32 Å². The Kier molecular flexibility index (Phi) is 8.50. The average Bonchev–Trinajstić information content (AvgIpc) is 3.17. The highest BCUT2D eigenvalue weighted by Crippen LogP contribution is 2.26. The van der Waals surface area contributed by atoms with E-state index in [-0.39, 0.29) is 0 Å². The quantitative estimate of drug-likeness (QED) is 0.520. The van der Waals surface area contributed by atoms with E-state index in [1.807, 2.05) is 13.8 Å². The van der Waals surface area contributed by atoms with Crippen LogP contribution in [0.5, 0.6) is 0 Å². The molecule has 25 heavy (non-hydrogen) atoms. The van der Waals surface area contributed by atoms with Gasteiger partial charge in [0.15, 0.2) is 5.96 Å². The Morgan fingerprint density at radius 3 is 2.32 bits per heavy atom. The number of aliphatic imine (C=N–C) groups is 1. The summed E-state index contributed by atoms with van der Waals surface area (Å²) in [4.78, 5) is 7.05. The monoisotopic (exact) mass is 353 g/mol. The number of rotatable bonds is 8. The first-order valence-electron chi connectivity index (χ1n) is 10.5. The van der Waals surface area contributed by atoms with Gasteiger partial charge in [-0.05, 0) is 51.4 Å². The SMILES string of the molecule is CCNC(=NCC(O)(CC)CC)N1CCC(OCC2CCCC2)CC1. The van der Waals surface area contributed by atoms with Crippen LogP contribution in [-0.4, -0.2) is 60.5 Å². The maximum absolute atomic E-state index is 10.5. The molecular weight excluding hydrogens is 314 g/mol. The minimum Gasteiger partial charge on any atom is -0.388 e. The summed E-state index contributed by atoms with van der Waals surface area (Å²) in [7, 11) is 0. The van der Waals surface area contributed by atoms with Gasteiger partial charge in [-0.25, -0.2) is 0 Å². The van der Waals surface area contributed by atoms with E-state index in [4.69, 9.17) is 9.73 Å². The molecule has 1 aliphatic heterocycles. The van der Waals surface area contributed by atoms with Crippen molar-refractivity contribution in [2.75, 3.05) is 32.8 Å². The lowest BCUT2D eigenvalue weighted by Gasteiger charge is -2.35. The molecule has 1 saturated carbocycles. The van der Waals surface area contributed by atoms with Gasteiger partial charge in [0, 0.05) is 26.2 Å². The van der Waals surface area contributed by atoms with Crippen LogP contribution in [0.1, 0.15) is 72.1 Å². The predicted octanol–water partition coefficient (Wildman–Crippen LogP) is 3.17. The Balaban J connectivity index is 1.80. The Bertz CT molecular complexity index is 396. The van der Waals surface area contributed by atoms with Crippen molar-refractivity contribution in [2.24, 2.45) is 10.9 Å². The van der Waals surface area contributed by atoms with Crippen LogP contribution in [0.3, 0.4) is 0 Å². The maximum atomic E-state index is 10.5. The second kappa shape index (κ2) is 10.4. The van der Waals surface area contributed by atoms with E-state index < -0.39 is 5.60 Å². The van der Waals surface area contributed by atoms with Crippen molar-refractivity contribution >= 4 is 5.96 Å². The molecule has 146 valence electrons. The fraction of sp³-hybridized carbons (Fsp3) is 0.950. The molecule has 5 nitrogen and oxygen atoms in total. The Hall–Kier alpha value is -0.810. The first kappa shape index (κ1) is 20.5. The minimum absolute atomic E-state index is 0.406. The van der Waals surface area contributed by atoms with E-state index in [1.165, 1.54) is 25.7 Å². The lowest BCUT2D eigenvalue weighted by molar-refractivity contribution is 0.000776. The Labute approximate surface area is 154 Å². The number of aliphatic hydroxyl groups is 1. The molecule has 0 aromatic rings. The van der Waals surface area contributed by atoms with Crippen molar-refractivity contribution < 1.29 is 9.84 Å². The molecule has 5 heteroatoms. The Morgan fingerprint density at radius 1 is 1.12 bits per heavy atom. The van der Waals surface area contributed by atoms with Gasteiger partial charge in [0.2, 0.25) is 0 Å². The first-order chi connectivity index (χ1) is 12.1. The number of ether oxygens (including phenoxy) is 1. The lowest BCUT2D eigenvalue weighted by atomic mass is 9.98. The van der Waals surface area contributed by atoms with E-state index in [2.05, 4.69) is 17.1 Å². The number of likely N-dealkylation sites (tertiary alicyclic amines) is 1. The van der Waals surface area contributed by atoms with Gasteiger partial charge >= 0.3 is 0 Å². The molecule has 0 unspecified atom stereocenters. The van der Waals surface area contributed by atoms with Gasteiger partial charge in [0.25, 0.3) is 0 Å². The highest BCUT2D eigenvalue weighted by molar-refractivity contribution is 5.80. The van der Waals surface area contributed by atoms with E-state index in [9.17, 15) is 5.11 Å². The third-order valence-electron chi connectivity index (χ3n) is 5.96. The highest BCUT2D eigenvalue weighted by Gasteiger charge is 2.26. The summed E-state index contributed by atoms with van der Waals surface area (Å²) in [6.45, 7) is 10.4. The van der Waals surface area contributed by atoms with Crippen LogP contribution in [0.2, 0.25) is 0 Å². The summed E-state index contributed by atoms with van der Waals surface area (Å²) in [6, 6.07) is 0. The zero-order valence-electron chi connectivity index (χ0n) is 16.6. The molecule has 1 saturated heterocycles. The second-order valence-electron chi connectivity index (χ2n) is 7.77. The molecule has 2 rings (SSSR count). The molecule has 0 aromatic carbocycles. The average molecular weight is 354 g/mol. The molecule has 0 aromatic heterocycles. The van der Waals surface area contributed by atoms with Crippen LogP contribution in [0, 0.1) is 5.92 Å². The summed E-state index contributed by atoms with van der Waals surface area (Å²) in [5.41, 5.74) is -0.677. The Morgan fingerprint density at radius 2 is 1.76 bits per heavy atom. The third-order valence-corrected chi connectivity index (χ3v) is 5.96. The van der Waals surface area contributed by atoms with Crippen molar-refractivity contribution in [3.63, 3.8) is 0 Å². The number of hydrogen-bond acceptors (Lipinski definition) is 3. The molecule has 2 fully saturated rings. The summed E-state index contributed by atoms with van der Waals surface area (Å²) in [5, 5.41) is 13.9. The molecule has 0 radical (unpaired) electrons. The fourth-order valence-electron chi connectivity index (χ4n) is 3.80. The zero-order valence-corrected chi connectivity index (χ0v) is 16.6. The topological polar surface area (TPSA) is 57.1 Å². The molecule has 0 spiro atoms. The van der Waals surface area contributed by atoms with E-state index in [0.29, 0.717) is 12.6 Å². The molecule has 2 N–H and O–H groups in total. The van der Waals surface area contributed by atoms with E-state index >= 15 is 0 Å². The molecule has 0 atom stereocenters. The smallest absolute Gasteiger partial charge is 0.194 e. The van der Waals surface area contributed by atoms with E-state index in [0.717, 1.165) is 63.8 Å². The van der Waals surface area contributed by atoms with Crippen LogP contribution in [0.25, 0.3) is 0 Å². The fourth-order valence-corrected chi connectivity index (χ4v) is 3.80. The number of hydrogen-bond donors (Lipinski definition) is 2. The minimum atomic E-state index is -0.677. The summed E-state index contributed by atoms with van der Waals surface area (Å²) >= 11 is 0. The molecule has 1 heterocycles. The van der Waals surface area contributed by atoms with Gasteiger partial charge < -0.3 is 20.1 Å². The zero-order chi connectivity index (χ0) is 18.1. The number of nitrogens with one attached hydrogen (secondary N) is 1. The molecule has 2 aliphatic rings. The van der Waals surface area contributed by atoms with Gasteiger partial charge in [-0.2, -0.15) is 0 Å². The predicted molar refractivity (Wildman–Crippen MR) is 104 cm³/mol. The standard InChI is InChI=1S/C20H39N3O2/c1-4-20(24,5-2)16-22-19(21-6-3)23-13-11-18(12-14-23)25-15-17-9-7-8-10-17/h17-18,24H,4-16H2,1-3H3,(H,21,22). The van der Waals surface area contributed by atoms with Crippen LogP contribution in [0.4, 0.5) is 0 Å². The summed E-state index contributed by atoms with van der Waals surface area (Å²) in [5.74, 6) is 1.75. The van der Waals surface area contributed by atoms with Gasteiger partial charge in [-0.15, -0.1) is 0 Å². The van der Waals surface area contributed by atoms with Crippen molar-refractivity contribution in [2.45, 2.75) is 83.8 Å². The molecule has 0 amide bonds. The number of guanidine groups is 1. The highest BCUT2D eigenvalue weighted by atomic mass is 16.5. The number of piperidine rings is 1. The van der Waals surface area contributed by atoms with Gasteiger partial charge in [-0.3, -0.25) is 4.99 Å². The van der Waals surface area contributed by atoms with Crippen LogP contribution in [-0.2, 0) is 4.74 Å². The maximum Gasteiger partial charge on any atom is 0.194 e. The first-order valence-corrected chi connectivity index (χ1v) is 10.5. The number of nitrogens with zero attached hydrogens (tertiary/aromatic N) is 2. The lowest BCUT2D eigenvalue weighted by Crippen LogP contribution is -2.48. The summed E-state index contributed by atoms with van der Waals surface area (Å²) < 4.78 is 6.18. The molecule has 0 bridgehead atoms. The van der Waals surface area contributed by atoms with Crippen molar-refractivity contribution in [3.05, 3.63) is 0 Å². The van der Waals surface area contributed by atoms with E-state index in [1.54, 1.807) is 0 Å². The van der Waals surface area contributed by atoms with Crippen molar-refractivity contribution in [1.29, 1.82) is 0 Å². The largest absolute Gasteiger partial charge is 0.388 e. The van der Waals surface area contributed by atoms with Gasteiger partial charge in [0.1, 0.15) is 0 Å². The van der Waals surface area contributed by atoms with Gasteiger partial charge in [0.05, 0.1) is 18.2 Å². The molecular formula is C20H39N3O2. The van der Waals surface area contributed by atoms with Crippen molar-refractivity contribution in [3.8, 4) is 0 Å². The van der Waals surface area contributed by atoms with Gasteiger partial charge in [-0.1, -0.05) is 26.7 Å². The summed E-state index contributed by atoms with van der Waals surface area (Å²) in [6.07, 6.45) is 9.51. The third kappa shape index (κ3) is 6.45. The normalized spacial score (nSPS) is 21.1. The second-order valence-corrected chi connectivity index (χ2v) is 7.77.